The molecular weight excluding hydrogens is 314 g/mol. The van der Waals surface area contributed by atoms with E-state index in [1.54, 1.807) is 0 Å². The Morgan fingerprint density at radius 1 is 1.35 bits per heavy atom. The molecule has 3 heteroatoms. The number of hydrogen-bond acceptors (Lipinski definition) is 2. The maximum absolute atomic E-state index is 6.08. The first-order valence-corrected chi connectivity index (χ1v) is 8.29. The van der Waals surface area contributed by atoms with Gasteiger partial charge in [-0.05, 0) is 57.7 Å². The number of ether oxygens (including phenoxy) is 1. The second-order valence-electron chi connectivity index (χ2n) is 6.83. The van der Waals surface area contributed by atoms with E-state index in [-0.39, 0.29) is 11.6 Å². The van der Waals surface area contributed by atoms with Crippen molar-refractivity contribution in [2.24, 2.45) is 5.92 Å². The molecule has 1 N–H and O–H groups in total. The van der Waals surface area contributed by atoms with Crippen LogP contribution in [0.25, 0.3) is 0 Å². The van der Waals surface area contributed by atoms with Crippen molar-refractivity contribution in [2.75, 3.05) is 13.2 Å². The molecule has 0 aromatic heterocycles. The van der Waals surface area contributed by atoms with Crippen LogP contribution in [0.4, 0.5) is 0 Å². The third-order valence-electron chi connectivity index (χ3n) is 3.85. The first-order chi connectivity index (χ1) is 9.37. The predicted molar refractivity (Wildman–Crippen MR) is 88.1 cm³/mol. The SMILES string of the molecule is Cc1cc(C2OCCCC2CNC(C)(C)C)ccc1Br. The summed E-state index contributed by atoms with van der Waals surface area (Å²) in [5.41, 5.74) is 2.75. The molecule has 0 saturated carbocycles. The molecule has 112 valence electrons. The highest BCUT2D eigenvalue weighted by Gasteiger charge is 2.28. The van der Waals surface area contributed by atoms with E-state index in [9.17, 15) is 0 Å². The molecule has 0 radical (unpaired) electrons. The Hall–Kier alpha value is -0.380. The van der Waals surface area contributed by atoms with Gasteiger partial charge in [0.25, 0.3) is 0 Å². The van der Waals surface area contributed by atoms with Gasteiger partial charge in [0.05, 0.1) is 6.10 Å². The maximum Gasteiger partial charge on any atom is 0.0865 e. The standard InChI is InChI=1S/C17H26BrNO/c1-12-10-13(7-8-15(12)18)16-14(6-5-9-20-16)11-19-17(2,3)4/h7-8,10,14,16,19H,5-6,9,11H2,1-4H3. The first-order valence-electron chi connectivity index (χ1n) is 7.49. The largest absolute Gasteiger partial charge is 0.373 e. The van der Waals surface area contributed by atoms with Gasteiger partial charge in [0, 0.05) is 29.1 Å². The lowest BCUT2D eigenvalue weighted by molar-refractivity contribution is -0.0293. The monoisotopic (exact) mass is 339 g/mol. The molecule has 1 fully saturated rings. The van der Waals surface area contributed by atoms with E-state index < -0.39 is 0 Å². The molecule has 20 heavy (non-hydrogen) atoms. The predicted octanol–water partition coefficient (Wildman–Crippen LogP) is 4.61. The highest BCUT2D eigenvalue weighted by atomic mass is 79.9. The minimum atomic E-state index is 0.164. The molecule has 1 aromatic rings. The van der Waals surface area contributed by atoms with Crippen LogP contribution in [0.15, 0.2) is 22.7 Å². The normalized spacial score (nSPS) is 23.9. The second-order valence-corrected chi connectivity index (χ2v) is 7.69. The fraction of sp³-hybridized carbons (Fsp3) is 0.647. The summed E-state index contributed by atoms with van der Waals surface area (Å²) >= 11 is 3.57. The highest BCUT2D eigenvalue weighted by Crippen LogP contribution is 2.34. The van der Waals surface area contributed by atoms with Crippen LogP contribution in [0.3, 0.4) is 0 Å². The number of halogens is 1. The van der Waals surface area contributed by atoms with Crippen LogP contribution in [-0.2, 0) is 4.74 Å². The molecule has 0 aliphatic carbocycles. The Bertz CT molecular complexity index is 453. The van der Waals surface area contributed by atoms with E-state index in [0.29, 0.717) is 5.92 Å². The molecular formula is C17H26BrNO. The van der Waals surface area contributed by atoms with Gasteiger partial charge in [0.1, 0.15) is 0 Å². The summed E-state index contributed by atoms with van der Waals surface area (Å²) < 4.78 is 7.25. The number of nitrogens with one attached hydrogen (secondary N) is 1. The van der Waals surface area contributed by atoms with Crippen molar-refractivity contribution < 1.29 is 4.74 Å². The minimum absolute atomic E-state index is 0.164. The van der Waals surface area contributed by atoms with Gasteiger partial charge in [-0.3, -0.25) is 0 Å². The van der Waals surface area contributed by atoms with E-state index in [2.05, 4.69) is 67.1 Å². The fourth-order valence-electron chi connectivity index (χ4n) is 2.70. The van der Waals surface area contributed by atoms with E-state index in [4.69, 9.17) is 4.74 Å². The van der Waals surface area contributed by atoms with Crippen molar-refractivity contribution in [3.8, 4) is 0 Å². The summed E-state index contributed by atoms with van der Waals surface area (Å²) in [4.78, 5) is 0. The summed E-state index contributed by atoms with van der Waals surface area (Å²) in [6, 6.07) is 6.58. The van der Waals surface area contributed by atoms with Gasteiger partial charge in [-0.25, -0.2) is 0 Å². The van der Waals surface area contributed by atoms with Gasteiger partial charge in [0.2, 0.25) is 0 Å². The zero-order chi connectivity index (χ0) is 14.8. The Labute approximate surface area is 131 Å². The molecule has 0 amide bonds. The third kappa shape index (κ3) is 4.31. The number of benzene rings is 1. The molecule has 2 rings (SSSR count). The molecule has 2 nitrogen and oxygen atoms in total. The lowest BCUT2D eigenvalue weighted by atomic mass is 9.88. The summed E-state index contributed by atoms with van der Waals surface area (Å²) in [7, 11) is 0. The van der Waals surface area contributed by atoms with Crippen LogP contribution < -0.4 is 5.32 Å². The lowest BCUT2D eigenvalue weighted by Gasteiger charge is -2.34. The van der Waals surface area contributed by atoms with Gasteiger partial charge >= 0.3 is 0 Å². The van der Waals surface area contributed by atoms with Gasteiger partial charge in [-0.15, -0.1) is 0 Å². The van der Waals surface area contributed by atoms with Gasteiger partial charge in [-0.1, -0.05) is 28.1 Å². The van der Waals surface area contributed by atoms with Crippen molar-refractivity contribution in [1.82, 2.24) is 5.32 Å². The smallest absolute Gasteiger partial charge is 0.0865 e. The molecule has 0 bridgehead atoms. The summed E-state index contributed by atoms with van der Waals surface area (Å²) in [5, 5.41) is 3.63. The van der Waals surface area contributed by atoms with Crippen LogP contribution in [0.5, 0.6) is 0 Å². The van der Waals surface area contributed by atoms with Crippen molar-refractivity contribution >= 4 is 15.9 Å². The van der Waals surface area contributed by atoms with Crippen molar-refractivity contribution in [1.29, 1.82) is 0 Å². The number of aryl methyl sites for hydroxylation is 1. The Kier molecular flexibility index (Phi) is 5.27. The van der Waals surface area contributed by atoms with Crippen molar-refractivity contribution in [3.63, 3.8) is 0 Å². The molecule has 2 atom stereocenters. The number of rotatable bonds is 3. The third-order valence-corrected chi connectivity index (χ3v) is 4.74. The topological polar surface area (TPSA) is 21.3 Å². The summed E-state index contributed by atoms with van der Waals surface area (Å²) in [6.07, 6.45) is 2.64. The van der Waals surface area contributed by atoms with Crippen LogP contribution in [0.1, 0.15) is 50.8 Å². The van der Waals surface area contributed by atoms with Crippen LogP contribution >= 0.6 is 15.9 Å². The van der Waals surface area contributed by atoms with Crippen molar-refractivity contribution in [2.45, 2.75) is 52.2 Å². The van der Waals surface area contributed by atoms with Gasteiger partial charge in [-0.2, -0.15) is 0 Å². The van der Waals surface area contributed by atoms with Gasteiger partial charge < -0.3 is 10.1 Å². The Balaban J connectivity index is 2.11. The molecule has 0 spiro atoms. The van der Waals surface area contributed by atoms with E-state index in [1.807, 2.05) is 0 Å². The first kappa shape index (κ1) is 16.0. The molecule has 1 heterocycles. The Morgan fingerprint density at radius 3 is 2.75 bits per heavy atom. The Morgan fingerprint density at radius 2 is 2.10 bits per heavy atom. The summed E-state index contributed by atoms with van der Waals surface area (Å²) in [6.45, 7) is 10.7. The van der Waals surface area contributed by atoms with Crippen molar-refractivity contribution in [3.05, 3.63) is 33.8 Å². The van der Waals surface area contributed by atoms with Crippen LogP contribution in [-0.4, -0.2) is 18.7 Å². The van der Waals surface area contributed by atoms with E-state index in [1.165, 1.54) is 28.4 Å². The second kappa shape index (κ2) is 6.59. The van der Waals surface area contributed by atoms with Gasteiger partial charge in [0.15, 0.2) is 0 Å². The zero-order valence-corrected chi connectivity index (χ0v) is 14.6. The quantitative estimate of drug-likeness (QED) is 0.867. The van der Waals surface area contributed by atoms with E-state index >= 15 is 0 Å². The van der Waals surface area contributed by atoms with Crippen LogP contribution in [0.2, 0.25) is 0 Å². The highest BCUT2D eigenvalue weighted by molar-refractivity contribution is 9.10. The average Bonchev–Trinajstić information content (AvgIpc) is 2.39. The maximum atomic E-state index is 6.08. The van der Waals surface area contributed by atoms with Crippen LogP contribution in [0, 0.1) is 12.8 Å². The molecule has 2 unspecified atom stereocenters. The minimum Gasteiger partial charge on any atom is -0.373 e. The molecule has 1 saturated heterocycles. The molecule has 1 aliphatic heterocycles. The lowest BCUT2D eigenvalue weighted by Crippen LogP contribution is -2.41. The average molecular weight is 340 g/mol. The zero-order valence-electron chi connectivity index (χ0n) is 13.0. The fourth-order valence-corrected chi connectivity index (χ4v) is 2.95. The number of hydrogen-bond donors (Lipinski definition) is 1. The molecule has 1 aliphatic rings. The summed E-state index contributed by atoms with van der Waals surface area (Å²) in [5.74, 6) is 0.559. The molecule has 1 aromatic carbocycles. The van der Waals surface area contributed by atoms with E-state index in [0.717, 1.165) is 13.2 Å².